The van der Waals surface area contributed by atoms with Crippen LogP contribution < -0.4 is 10.0 Å². The first-order valence-electron chi connectivity index (χ1n) is 8.83. The largest absolute Gasteiger partial charge is 0.322 e. The Labute approximate surface area is 165 Å². The highest BCUT2D eigenvalue weighted by atomic mass is 32.2. The van der Waals surface area contributed by atoms with Gasteiger partial charge in [-0.05, 0) is 79.9 Å². The highest BCUT2D eigenvalue weighted by Gasteiger charge is 2.15. The zero-order chi connectivity index (χ0) is 20.3. The summed E-state index contributed by atoms with van der Waals surface area (Å²) in [5, 5.41) is 2.79. The molecule has 0 bridgehead atoms. The SMILES string of the molecule is Cc1cc(C)cc(NS(=O)(=O)c2ccc(NC(=O)c3ccccc3C)cc2)c1. The molecule has 1 amide bonds. The maximum absolute atomic E-state index is 12.6. The Balaban J connectivity index is 1.76. The maximum atomic E-state index is 12.6. The molecule has 28 heavy (non-hydrogen) atoms. The molecule has 6 heteroatoms. The standard InChI is InChI=1S/C22H22N2O3S/c1-15-12-16(2)14-19(13-15)24-28(26,27)20-10-8-18(9-11-20)23-22(25)21-7-5-4-6-17(21)3/h4-14,24H,1-3H3,(H,23,25). The second-order valence-corrected chi connectivity index (χ2v) is 8.46. The number of sulfonamides is 1. The predicted octanol–water partition coefficient (Wildman–Crippen LogP) is 4.66. The maximum Gasteiger partial charge on any atom is 0.261 e. The average molecular weight is 394 g/mol. The van der Waals surface area contributed by atoms with Crippen LogP contribution in [0.5, 0.6) is 0 Å². The Morgan fingerprint density at radius 2 is 1.39 bits per heavy atom. The van der Waals surface area contributed by atoms with E-state index in [0.29, 0.717) is 16.9 Å². The van der Waals surface area contributed by atoms with Gasteiger partial charge in [-0.1, -0.05) is 24.3 Å². The Morgan fingerprint density at radius 3 is 2.00 bits per heavy atom. The summed E-state index contributed by atoms with van der Waals surface area (Å²) in [6, 6.07) is 18.9. The van der Waals surface area contributed by atoms with Crippen LogP contribution in [-0.2, 0) is 10.0 Å². The lowest BCUT2D eigenvalue weighted by atomic mass is 10.1. The van der Waals surface area contributed by atoms with Gasteiger partial charge in [-0.2, -0.15) is 0 Å². The Hall–Kier alpha value is -3.12. The molecule has 0 atom stereocenters. The van der Waals surface area contributed by atoms with Crippen molar-refractivity contribution >= 4 is 27.3 Å². The Kier molecular flexibility index (Phi) is 5.51. The number of hydrogen-bond donors (Lipinski definition) is 2. The van der Waals surface area contributed by atoms with Crippen molar-refractivity contribution in [2.24, 2.45) is 0 Å². The average Bonchev–Trinajstić information content (AvgIpc) is 2.61. The van der Waals surface area contributed by atoms with E-state index in [4.69, 9.17) is 0 Å². The smallest absolute Gasteiger partial charge is 0.261 e. The molecule has 0 saturated carbocycles. The fourth-order valence-corrected chi connectivity index (χ4v) is 4.03. The summed E-state index contributed by atoms with van der Waals surface area (Å²) >= 11 is 0. The predicted molar refractivity (Wildman–Crippen MR) is 112 cm³/mol. The number of nitrogens with one attached hydrogen (secondary N) is 2. The molecule has 0 fully saturated rings. The van der Waals surface area contributed by atoms with E-state index in [1.165, 1.54) is 12.1 Å². The third kappa shape index (κ3) is 4.58. The molecule has 0 heterocycles. The first kappa shape index (κ1) is 19.6. The van der Waals surface area contributed by atoms with E-state index in [1.807, 2.05) is 39.0 Å². The van der Waals surface area contributed by atoms with Gasteiger partial charge in [0.2, 0.25) is 0 Å². The molecule has 0 unspecified atom stereocenters. The van der Waals surface area contributed by atoms with Gasteiger partial charge in [0, 0.05) is 16.9 Å². The molecule has 3 aromatic carbocycles. The van der Waals surface area contributed by atoms with E-state index < -0.39 is 10.0 Å². The van der Waals surface area contributed by atoms with Crippen molar-refractivity contribution in [2.45, 2.75) is 25.7 Å². The van der Waals surface area contributed by atoms with Crippen molar-refractivity contribution < 1.29 is 13.2 Å². The van der Waals surface area contributed by atoms with Crippen molar-refractivity contribution in [3.63, 3.8) is 0 Å². The second-order valence-electron chi connectivity index (χ2n) is 6.78. The molecule has 2 N–H and O–H groups in total. The first-order valence-corrected chi connectivity index (χ1v) is 10.3. The zero-order valence-corrected chi connectivity index (χ0v) is 16.8. The molecule has 0 spiro atoms. The van der Waals surface area contributed by atoms with Gasteiger partial charge in [-0.3, -0.25) is 9.52 Å². The van der Waals surface area contributed by atoms with Crippen molar-refractivity contribution in [2.75, 3.05) is 10.0 Å². The Morgan fingerprint density at radius 1 is 0.786 bits per heavy atom. The zero-order valence-electron chi connectivity index (χ0n) is 16.0. The number of carbonyl (C=O) groups is 1. The molecule has 0 aromatic heterocycles. The van der Waals surface area contributed by atoms with E-state index >= 15 is 0 Å². The van der Waals surface area contributed by atoms with Crippen LogP contribution in [0.3, 0.4) is 0 Å². The van der Waals surface area contributed by atoms with Crippen molar-refractivity contribution in [1.82, 2.24) is 0 Å². The van der Waals surface area contributed by atoms with Crippen LogP contribution >= 0.6 is 0 Å². The molecule has 0 radical (unpaired) electrons. The summed E-state index contributed by atoms with van der Waals surface area (Å²) in [5.74, 6) is -0.234. The van der Waals surface area contributed by atoms with Gasteiger partial charge < -0.3 is 5.32 Å². The molecule has 3 rings (SSSR count). The number of benzene rings is 3. The second kappa shape index (κ2) is 7.86. The van der Waals surface area contributed by atoms with E-state index in [1.54, 1.807) is 36.4 Å². The van der Waals surface area contributed by atoms with Crippen LogP contribution in [0.1, 0.15) is 27.0 Å². The minimum absolute atomic E-state index is 0.126. The lowest BCUT2D eigenvalue weighted by molar-refractivity contribution is 0.102. The summed E-state index contributed by atoms with van der Waals surface area (Å²) in [6.07, 6.45) is 0. The number of amides is 1. The van der Waals surface area contributed by atoms with Crippen LogP contribution in [0.15, 0.2) is 71.6 Å². The lowest BCUT2D eigenvalue weighted by Crippen LogP contribution is -2.15. The number of rotatable bonds is 5. The van der Waals surface area contributed by atoms with E-state index in [-0.39, 0.29) is 10.8 Å². The quantitative estimate of drug-likeness (QED) is 0.661. The summed E-state index contributed by atoms with van der Waals surface area (Å²) in [4.78, 5) is 12.5. The van der Waals surface area contributed by atoms with Gasteiger partial charge >= 0.3 is 0 Å². The molecular formula is C22H22N2O3S. The summed E-state index contributed by atoms with van der Waals surface area (Å²) in [7, 11) is -3.71. The molecule has 5 nitrogen and oxygen atoms in total. The number of carbonyl (C=O) groups excluding carboxylic acids is 1. The van der Waals surface area contributed by atoms with Gasteiger partial charge in [0.1, 0.15) is 0 Å². The molecule has 0 aliphatic heterocycles. The number of anilines is 2. The number of hydrogen-bond acceptors (Lipinski definition) is 3. The monoisotopic (exact) mass is 394 g/mol. The molecule has 0 aliphatic rings. The van der Waals surface area contributed by atoms with Crippen molar-refractivity contribution in [3.05, 3.63) is 89.0 Å². The first-order chi connectivity index (χ1) is 13.2. The summed E-state index contributed by atoms with van der Waals surface area (Å²) < 4.78 is 27.8. The highest BCUT2D eigenvalue weighted by molar-refractivity contribution is 7.92. The van der Waals surface area contributed by atoms with E-state index in [9.17, 15) is 13.2 Å². The van der Waals surface area contributed by atoms with Crippen molar-refractivity contribution in [3.8, 4) is 0 Å². The van der Waals surface area contributed by atoms with Gasteiger partial charge in [-0.15, -0.1) is 0 Å². The molecule has 0 saturated heterocycles. The van der Waals surface area contributed by atoms with Crippen LogP contribution in [0.25, 0.3) is 0 Å². The third-order valence-corrected chi connectivity index (χ3v) is 5.68. The van der Waals surface area contributed by atoms with Crippen LogP contribution in [-0.4, -0.2) is 14.3 Å². The van der Waals surface area contributed by atoms with Crippen LogP contribution in [0, 0.1) is 20.8 Å². The third-order valence-electron chi connectivity index (χ3n) is 4.29. The minimum atomic E-state index is -3.71. The summed E-state index contributed by atoms with van der Waals surface area (Å²) in [5.41, 5.74) is 4.46. The van der Waals surface area contributed by atoms with Gasteiger partial charge in [0.05, 0.1) is 4.90 Å². The van der Waals surface area contributed by atoms with E-state index in [0.717, 1.165) is 16.7 Å². The number of aryl methyl sites for hydroxylation is 3. The van der Waals surface area contributed by atoms with Crippen LogP contribution in [0.2, 0.25) is 0 Å². The fourth-order valence-electron chi connectivity index (χ4n) is 2.99. The highest BCUT2D eigenvalue weighted by Crippen LogP contribution is 2.21. The van der Waals surface area contributed by atoms with Crippen LogP contribution in [0.4, 0.5) is 11.4 Å². The fraction of sp³-hybridized carbons (Fsp3) is 0.136. The molecule has 144 valence electrons. The summed E-state index contributed by atoms with van der Waals surface area (Å²) in [6.45, 7) is 5.69. The topological polar surface area (TPSA) is 75.3 Å². The minimum Gasteiger partial charge on any atom is -0.322 e. The van der Waals surface area contributed by atoms with Gasteiger partial charge in [-0.25, -0.2) is 8.42 Å². The lowest BCUT2D eigenvalue weighted by Gasteiger charge is -2.11. The molecule has 3 aromatic rings. The molecule has 0 aliphatic carbocycles. The van der Waals surface area contributed by atoms with Gasteiger partial charge in [0.25, 0.3) is 15.9 Å². The van der Waals surface area contributed by atoms with Gasteiger partial charge in [0.15, 0.2) is 0 Å². The normalized spacial score (nSPS) is 11.1. The Bertz CT molecular complexity index is 1100. The molecular weight excluding hydrogens is 372 g/mol. The van der Waals surface area contributed by atoms with E-state index in [2.05, 4.69) is 10.0 Å². The van der Waals surface area contributed by atoms with Crippen molar-refractivity contribution in [1.29, 1.82) is 0 Å².